The summed E-state index contributed by atoms with van der Waals surface area (Å²) >= 11 is 0. The number of halogens is 1. The van der Waals surface area contributed by atoms with Gasteiger partial charge in [-0.3, -0.25) is 9.69 Å². The first-order valence-electron chi connectivity index (χ1n) is 8.60. The Balaban J connectivity index is 1.34. The molecule has 0 radical (unpaired) electrons. The van der Waals surface area contributed by atoms with Gasteiger partial charge in [0.2, 0.25) is 5.78 Å². The first kappa shape index (κ1) is 16.8. The van der Waals surface area contributed by atoms with E-state index in [0.29, 0.717) is 12.3 Å². The molecule has 0 amide bonds. The van der Waals surface area contributed by atoms with Gasteiger partial charge in [-0.2, -0.15) is 0 Å². The summed E-state index contributed by atoms with van der Waals surface area (Å²) in [4.78, 5) is 18.1. The molecule has 0 atom stereocenters. The Labute approximate surface area is 141 Å². The summed E-state index contributed by atoms with van der Waals surface area (Å²) in [5, 5.41) is 0. The second kappa shape index (κ2) is 8.20. The number of oxazole rings is 1. The Morgan fingerprint density at radius 1 is 1.25 bits per heavy atom. The van der Waals surface area contributed by atoms with Gasteiger partial charge in [0.15, 0.2) is 0 Å². The molecule has 1 aliphatic rings. The van der Waals surface area contributed by atoms with Crippen molar-refractivity contribution < 1.29 is 13.6 Å². The topological polar surface area (TPSA) is 46.3 Å². The second-order valence-corrected chi connectivity index (χ2v) is 6.50. The zero-order chi connectivity index (χ0) is 16.8. The first-order valence-corrected chi connectivity index (χ1v) is 8.60. The highest BCUT2D eigenvalue weighted by Crippen LogP contribution is 2.24. The van der Waals surface area contributed by atoms with Crippen LogP contribution in [0.5, 0.6) is 0 Å². The van der Waals surface area contributed by atoms with E-state index in [9.17, 15) is 9.18 Å². The minimum Gasteiger partial charge on any atom is -0.442 e. The number of likely N-dealkylation sites (tertiary alicyclic amines) is 1. The van der Waals surface area contributed by atoms with E-state index >= 15 is 0 Å². The van der Waals surface area contributed by atoms with Gasteiger partial charge in [-0.1, -0.05) is 12.1 Å². The Morgan fingerprint density at radius 3 is 2.67 bits per heavy atom. The third kappa shape index (κ3) is 4.74. The monoisotopic (exact) mass is 330 g/mol. The number of piperidine rings is 1. The van der Waals surface area contributed by atoms with Crippen LogP contribution in [-0.2, 0) is 6.54 Å². The maximum atomic E-state index is 12.9. The molecule has 1 fully saturated rings. The van der Waals surface area contributed by atoms with E-state index in [1.807, 2.05) is 12.1 Å². The minimum atomic E-state index is -0.184. The van der Waals surface area contributed by atoms with Gasteiger partial charge < -0.3 is 4.42 Å². The molecule has 128 valence electrons. The molecule has 2 aromatic rings. The number of nitrogens with zero attached hydrogens (tertiary/aromatic N) is 2. The highest BCUT2D eigenvalue weighted by Gasteiger charge is 2.20. The molecule has 1 aromatic heterocycles. The van der Waals surface area contributed by atoms with Gasteiger partial charge in [-0.25, -0.2) is 9.37 Å². The SMILES string of the molecule is O=C(CCCC1CCN(Cc2ccc(F)cc2)CC1)c1ncco1. The quantitative estimate of drug-likeness (QED) is 0.718. The van der Waals surface area contributed by atoms with Crippen LogP contribution in [0.15, 0.2) is 41.1 Å². The fraction of sp³-hybridized carbons (Fsp3) is 0.474. The van der Waals surface area contributed by atoms with Crippen LogP contribution in [0.1, 0.15) is 48.4 Å². The van der Waals surface area contributed by atoms with Crippen molar-refractivity contribution in [3.05, 3.63) is 54.0 Å². The molecular formula is C19H23FN2O2. The fourth-order valence-electron chi connectivity index (χ4n) is 3.30. The van der Waals surface area contributed by atoms with E-state index in [4.69, 9.17) is 4.42 Å². The average molecular weight is 330 g/mol. The van der Waals surface area contributed by atoms with Crippen LogP contribution in [0, 0.1) is 11.7 Å². The van der Waals surface area contributed by atoms with E-state index in [1.165, 1.54) is 24.6 Å². The molecule has 1 aliphatic heterocycles. The van der Waals surface area contributed by atoms with Gasteiger partial charge >= 0.3 is 0 Å². The van der Waals surface area contributed by atoms with Crippen molar-refractivity contribution in [1.82, 2.24) is 9.88 Å². The van der Waals surface area contributed by atoms with E-state index in [0.717, 1.165) is 50.9 Å². The molecule has 1 aromatic carbocycles. The lowest BCUT2D eigenvalue weighted by molar-refractivity contribution is 0.0940. The van der Waals surface area contributed by atoms with Crippen LogP contribution >= 0.6 is 0 Å². The molecule has 4 nitrogen and oxygen atoms in total. The number of hydrogen-bond donors (Lipinski definition) is 0. The maximum absolute atomic E-state index is 12.9. The summed E-state index contributed by atoms with van der Waals surface area (Å²) in [6.07, 6.45) is 7.74. The third-order valence-electron chi connectivity index (χ3n) is 4.71. The highest BCUT2D eigenvalue weighted by molar-refractivity contribution is 5.91. The summed E-state index contributed by atoms with van der Waals surface area (Å²) in [7, 11) is 0. The molecule has 0 spiro atoms. The Hall–Kier alpha value is -2.01. The van der Waals surface area contributed by atoms with Crippen LogP contribution in [0.25, 0.3) is 0 Å². The van der Waals surface area contributed by atoms with Crippen molar-refractivity contribution in [1.29, 1.82) is 0 Å². The molecule has 5 heteroatoms. The predicted octanol–water partition coefficient (Wildman–Crippen LogP) is 4.08. The molecule has 0 aliphatic carbocycles. The molecule has 0 saturated carbocycles. The van der Waals surface area contributed by atoms with Gasteiger partial charge in [0.1, 0.15) is 12.1 Å². The summed E-state index contributed by atoms with van der Waals surface area (Å²) in [6, 6.07) is 6.76. The maximum Gasteiger partial charge on any atom is 0.263 e. The van der Waals surface area contributed by atoms with Crippen LogP contribution < -0.4 is 0 Å². The van der Waals surface area contributed by atoms with Crippen molar-refractivity contribution in [3.63, 3.8) is 0 Å². The zero-order valence-electron chi connectivity index (χ0n) is 13.8. The van der Waals surface area contributed by atoms with Gasteiger partial charge in [0.05, 0.1) is 6.20 Å². The van der Waals surface area contributed by atoms with E-state index in [2.05, 4.69) is 9.88 Å². The van der Waals surface area contributed by atoms with Crippen molar-refractivity contribution in [3.8, 4) is 0 Å². The van der Waals surface area contributed by atoms with Crippen LogP contribution in [0.3, 0.4) is 0 Å². The molecule has 0 bridgehead atoms. The van der Waals surface area contributed by atoms with Crippen LogP contribution in [-0.4, -0.2) is 28.8 Å². The largest absolute Gasteiger partial charge is 0.442 e. The lowest BCUT2D eigenvalue weighted by Crippen LogP contribution is -2.33. The Morgan fingerprint density at radius 2 is 2.00 bits per heavy atom. The van der Waals surface area contributed by atoms with Gasteiger partial charge in [-0.05, 0) is 62.4 Å². The minimum absolute atomic E-state index is 0.00579. The fourth-order valence-corrected chi connectivity index (χ4v) is 3.30. The van der Waals surface area contributed by atoms with Gasteiger partial charge in [0.25, 0.3) is 5.89 Å². The highest BCUT2D eigenvalue weighted by atomic mass is 19.1. The first-order chi connectivity index (χ1) is 11.7. The van der Waals surface area contributed by atoms with Crippen molar-refractivity contribution in [2.24, 2.45) is 5.92 Å². The smallest absolute Gasteiger partial charge is 0.263 e. The Bertz CT molecular complexity index is 632. The summed E-state index contributed by atoms with van der Waals surface area (Å²) in [6.45, 7) is 3.01. The number of aromatic nitrogens is 1. The van der Waals surface area contributed by atoms with Gasteiger partial charge in [-0.15, -0.1) is 0 Å². The number of carbonyl (C=O) groups excluding carboxylic acids is 1. The average Bonchev–Trinajstić information content (AvgIpc) is 3.13. The van der Waals surface area contributed by atoms with Crippen molar-refractivity contribution in [2.45, 2.75) is 38.6 Å². The van der Waals surface area contributed by atoms with Crippen molar-refractivity contribution >= 4 is 5.78 Å². The summed E-state index contributed by atoms with van der Waals surface area (Å²) < 4.78 is 18.0. The number of rotatable bonds is 7. The third-order valence-corrected chi connectivity index (χ3v) is 4.71. The molecular weight excluding hydrogens is 307 g/mol. The Kier molecular flexibility index (Phi) is 5.75. The standard InChI is InChI=1S/C19H23FN2O2/c20-17-6-4-16(5-7-17)14-22-11-8-15(9-12-22)2-1-3-18(23)19-21-10-13-24-19/h4-7,10,13,15H,1-3,8-9,11-12,14H2. The molecule has 0 N–H and O–H groups in total. The lowest BCUT2D eigenvalue weighted by Gasteiger charge is -2.32. The number of ketones is 1. The van der Waals surface area contributed by atoms with Crippen LogP contribution in [0.2, 0.25) is 0 Å². The second-order valence-electron chi connectivity index (χ2n) is 6.50. The van der Waals surface area contributed by atoms with E-state index < -0.39 is 0 Å². The molecule has 3 rings (SSSR count). The number of Topliss-reactive ketones (excluding diaryl/α,β-unsaturated/α-hetero) is 1. The predicted molar refractivity (Wildman–Crippen MR) is 89.1 cm³/mol. The lowest BCUT2D eigenvalue weighted by atomic mass is 9.91. The molecule has 0 unspecified atom stereocenters. The number of carbonyl (C=O) groups is 1. The normalized spacial score (nSPS) is 16.4. The number of hydrogen-bond acceptors (Lipinski definition) is 4. The van der Waals surface area contributed by atoms with Crippen LogP contribution in [0.4, 0.5) is 4.39 Å². The summed E-state index contributed by atoms with van der Waals surface area (Å²) in [5.74, 6) is 0.724. The zero-order valence-corrected chi connectivity index (χ0v) is 13.8. The van der Waals surface area contributed by atoms with Gasteiger partial charge in [0, 0.05) is 13.0 Å². The molecule has 1 saturated heterocycles. The number of benzene rings is 1. The van der Waals surface area contributed by atoms with E-state index in [1.54, 1.807) is 0 Å². The van der Waals surface area contributed by atoms with Crippen molar-refractivity contribution in [2.75, 3.05) is 13.1 Å². The summed E-state index contributed by atoms with van der Waals surface area (Å²) in [5.41, 5.74) is 1.16. The molecule has 24 heavy (non-hydrogen) atoms. The molecule has 2 heterocycles. The van der Waals surface area contributed by atoms with E-state index in [-0.39, 0.29) is 17.5 Å².